The molecule has 0 spiro atoms. The molecule has 1 saturated heterocycles. The summed E-state index contributed by atoms with van der Waals surface area (Å²) in [6.07, 6.45) is 1.14. The number of hydrogen-bond donors (Lipinski definition) is 1. The van der Waals surface area contributed by atoms with Gasteiger partial charge in [0, 0.05) is 19.3 Å². The predicted octanol–water partition coefficient (Wildman–Crippen LogP) is 4.69. The van der Waals surface area contributed by atoms with Gasteiger partial charge in [0.15, 0.2) is 0 Å². The number of piperidine rings is 1. The molecule has 0 radical (unpaired) electrons. The molecular weight excluding hydrogens is 457 g/mol. The summed E-state index contributed by atoms with van der Waals surface area (Å²) in [6.45, 7) is 2.95. The summed E-state index contributed by atoms with van der Waals surface area (Å²) in [7, 11) is 0. The number of benzene rings is 1. The van der Waals surface area contributed by atoms with E-state index in [9.17, 15) is 18.0 Å². The number of amides is 1. The van der Waals surface area contributed by atoms with Crippen LogP contribution in [0.2, 0.25) is 5.02 Å². The summed E-state index contributed by atoms with van der Waals surface area (Å²) in [6, 6.07) is 7.15. The molecule has 33 heavy (non-hydrogen) atoms. The number of carbonyl (C=O) groups excluding carboxylic acids is 1. The molecule has 174 valence electrons. The van der Waals surface area contributed by atoms with Gasteiger partial charge in [0.2, 0.25) is 0 Å². The topological polar surface area (TPSA) is 75.9 Å². The Balaban J connectivity index is 1.56. The minimum Gasteiger partial charge on any atom is -0.368 e. The molecule has 1 fully saturated rings. The third-order valence-electron chi connectivity index (χ3n) is 5.80. The maximum atomic E-state index is 13.6. The first-order valence-electron chi connectivity index (χ1n) is 10.5. The highest BCUT2D eigenvalue weighted by molar-refractivity contribution is 6.33. The maximum Gasteiger partial charge on any atom is 0.417 e. The smallest absolute Gasteiger partial charge is 0.368 e. The molecular formula is C22H22ClF3N6O. The highest BCUT2D eigenvalue weighted by atomic mass is 35.5. The molecule has 2 unspecified atom stereocenters. The average molecular weight is 479 g/mol. The number of aromatic nitrogens is 4. The molecule has 7 nitrogen and oxygen atoms in total. The first-order valence-corrected chi connectivity index (χ1v) is 10.9. The van der Waals surface area contributed by atoms with Crippen LogP contribution in [-0.4, -0.2) is 49.9 Å². The normalized spacial score (nSPS) is 18.9. The number of carbonyl (C=O) groups is 1. The van der Waals surface area contributed by atoms with Crippen LogP contribution in [0.1, 0.15) is 35.7 Å². The van der Waals surface area contributed by atoms with Gasteiger partial charge in [-0.05, 0) is 43.0 Å². The number of para-hydroxylation sites is 1. The van der Waals surface area contributed by atoms with E-state index in [0.717, 1.165) is 25.1 Å². The average Bonchev–Trinajstić information content (AvgIpc) is 3.31. The first-order chi connectivity index (χ1) is 15.8. The second-order valence-corrected chi connectivity index (χ2v) is 8.36. The summed E-state index contributed by atoms with van der Waals surface area (Å²) < 4.78 is 38.4. The molecule has 2 aromatic heterocycles. The van der Waals surface area contributed by atoms with E-state index in [0.29, 0.717) is 35.2 Å². The van der Waals surface area contributed by atoms with Crippen molar-refractivity contribution in [3.05, 3.63) is 65.1 Å². The molecule has 11 heteroatoms. The number of likely N-dealkylation sites (tertiary alicyclic amines) is 1. The fourth-order valence-corrected chi connectivity index (χ4v) is 4.32. The van der Waals surface area contributed by atoms with Crippen molar-refractivity contribution in [2.45, 2.75) is 32.0 Å². The zero-order valence-electron chi connectivity index (χ0n) is 17.8. The van der Waals surface area contributed by atoms with Crippen LogP contribution in [-0.2, 0) is 6.18 Å². The van der Waals surface area contributed by atoms with E-state index in [-0.39, 0.29) is 17.9 Å². The Hall–Kier alpha value is -3.14. The zero-order chi connectivity index (χ0) is 23.6. The fraction of sp³-hybridized carbons (Fsp3) is 0.364. The van der Waals surface area contributed by atoms with Crippen molar-refractivity contribution in [3.63, 3.8) is 0 Å². The van der Waals surface area contributed by atoms with Gasteiger partial charge in [0.25, 0.3) is 5.91 Å². The van der Waals surface area contributed by atoms with E-state index >= 15 is 0 Å². The van der Waals surface area contributed by atoms with Gasteiger partial charge in [-0.2, -0.15) is 23.4 Å². The maximum absolute atomic E-state index is 13.6. The number of nitrogens with zero attached hydrogens (tertiary/aromatic N) is 5. The Morgan fingerprint density at radius 2 is 1.97 bits per heavy atom. The van der Waals surface area contributed by atoms with Crippen molar-refractivity contribution in [2.75, 3.05) is 18.4 Å². The molecule has 4 rings (SSSR count). The minimum atomic E-state index is -4.44. The van der Waals surface area contributed by atoms with Crippen molar-refractivity contribution in [1.82, 2.24) is 24.9 Å². The van der Waals surface area contributed by atoms with Gasteiger partial charge >= 0.3 is 6.18 Å². The molecule has 3 aromatic rings. The van der Waals surface area contributed by atoms with E-state index in [1.807, 2.05) is 0 Å². The Morgan fingerprint density at radius 3 is 2.64 bits per heavy atom. The Morgan fingerprint density at radius 1 is 1.21 bits per heavy atom. The molecule has 1 aromatic carbocycles. The van der Waals surface area contributed by atoms with Crippen molar-refractivity contribution < 1.29 is 18.0 Å². The van der Waals surface area contributed by atoms with Crippen LogP contribution in [0.25, 0.3) is 5.69 Å². The van der Waals surface area contributed by atoms with Gasteiger partial charge in [-0.3, -0.25) is 4.79 Å². The Labute approximate surface area is 193 Å². The van der Waals surface area contributed by atoms with Crippen molar-refractivity contribution in [2.24, 2.45) is 5.92 Å². The fourth-order valence-electron chi connectivity index (χ4n) is 4.06. The minimum absolute atomic E-state index is 0.176. The van der Waals surface area contributed by atoms with Gasteiger partial charge in [0.05, 0.1) is 34.6 Å². The summed E-state index contributed by atoms with van der Waals surface area (Å²) in [5, 5.41) is 11.7. The standard InChI is InChI=1S/C22H22ClF3N6O/c1-14-4-3-11-31(18(14)13-28-19-8-7-15(12-27-19)22(24,25)26)21(33)16-5-2-6-17(23)20(16)32-29-9-10-30-32/h2,5-10,12,14,18H,3-4,11,13H2,1H3,(H,27,28). The number of alkyl halides is 3. The lowest BCUT2D eigenvalue weighted by Crippen LogP contribution is -2.51. The SMILES string of the molecule is CC1CCCN(C(=O)c2cccc(Cl)c2-n2nccn2)C1CNc1ccc(C(F)(F)F)cn1. The lowest BCUT2D eigenvalue weighted by atomic mass is 9.90. The highest BCUT2D eigenvalue weighted by Crippen LogP contribution is 2.31. The second-order valence-electron chi connectivity index (χ2n) is 7.95. The number of pyridine rings is 1. The third kappa shape index (κ3) is 4.95. The molecule has 0 saturated carbocycles. The summed E-state index contributed by atoms with van der Waals surface area (Å²) >= 11 is 6.38. The number of rotatable bonds is 5. The first kappa shape index (κ1) is 23.0. The van der Waals surface area contributed by atoms with E-state index in [4.69, 9.17) is 11.6 Å². The van der Waals surface area contributed by atoms with Crippen LogP contribution >= 0.6 is 11.6 Å². The van der Waals surface area contributed by atoms with Crippen molar-refractivity contribution in [3.8, 4) is 5.69 Å². The molecule has 1 amide bonds. The predicted molar refractivity (Wildman–Crippen MR) is 117 cm³/mol. The number of anilines is 1. The van der Waals surface area contributed by atoms with Gasteiger partial charge in [-0.1, -0.05) is 24.6 Å². The van der Waals surface area contributed by atoms with Gasteiger partial charge in [-0.25, -0.2) is 4.98 Å². The molecule has 2 atom stereocenters. The third-order valence-corrected chi connectivity index (χ3v) is 6.10. The van der Waals surface area contributed by atoms with Crippen LogP contribution in [0, 0.1) is 5.92 Å². The molecule has 1 aliphatic heterocycles. The van der Waals surface area contributed by atoms with E-state index in [1.54, 1.807) is 23.1 Å². The molecule has 0 bridgehead atoms. The Kier molecular flexibility index (Phi) is 6.55. The molecule has 1 aliphatic rings. The largest absolute Gasteiger partial charge is 0.417 e. The van der Waals surface area contributed by atoms with Crippen LogP contribution in [0.3, 0.4) is 0 Å². The van der Waals surface area contributed by atoms with Crippen molar-refractivity contribution >= 4 is 23.3 Å². The quantitative estimate of drug-likeness (QED) is 0.576. The summed E-state index contributed by atoms with van der Waals surface area (Å²) in [4.78, 5) is 20.6. The van der Waals surface area contributed by atoms with E-state index in [2.05, 4.69) is 27.4 Å². The van der Waals surface area contributed by atoms with Crippen LogP contribution < -0.4 is 5.32 Å². The monoisotopic (exact) mass is 478 g/mol. The highest BCUT2D eigenvalue weighted by Gasteiger charge is 2.34. The second kappa shape index (κ2) is 9.38. The molecule has 1 N–H and O–H groups in total. The summed E-state index contributed by atoms with van der Waals surface area (Å²) in [5.74, 6) is 0.288. The van der Waals surface area contributed by atoms with Gasteiger partial charge in [-0.15, -0.1) is 4.80 Å². The van der Waals surface area contributed by atoms with E-state index < -0.39 is 11.7 Å². The summed E-state index contributed by atoms with van der Waals surface area (Å²) in [5.41, 5.74) is -0.0226. The lowest BCUT2D eigenvalue weighted by molar-refractivity contribution is -0.137. The zero-order valence-corrected chi connectivity index (χ0v) is 18.5. The van der Waals surface area contributed by atoms with Gasteiger partial charge in [0.1, 0.15) is 11.5 Å². The van der Waals surface area contributed by atoms with Crippen LogP contribution in [0.5, 0.6) is 0 Å². The molecule has 0 aliphatic carbocycles. The van der Waals surface area contributed by atoms with Crippen molar-refractivity contribution in [1.29, 1.82) is 0 Å². The van der Waals surface area contributed by atoms with Gasteiger partial charge < -0.3 is 10.2 Å². The molecule has 3 heterocycles. The lowest BCUT2D eigenvalue weighted by Gasteiger charge is -2.40. The van der Waals surface area contributed by atoms with E-state index in [1.165, 1.54) is 23.3 Å². The number of nitrogens with one attached hydrogen (secondary N) is 1. The Bertz CT molecular complexity index is 1100. The number of halogens is 4. The number of hydrogen-bond acceptors (Lipinski definition) is 5. The van der Waals surface area contributed by atoms with Crippen LogP contribution in [0.15, 0.2) is 48.9 Å². The van der Waals surface area contributed by atoms with Crippen LogP contribution in [0.4, 0.5) is 19.0 Å².